The number of hydrogen-bond donors (Lipinski definition) is 0. The van der Waals surface area contributed by atoms with Crippen molar-refractivity contribution in [3.63, 3.8) is 0 Å². The summed E-state index contributed by atoms with van der Waals surface area (Å²) < 4.78 is 2.36. The molecule has 2 aliphatic carbocycles. The summed E-state index contributed by atoms with van der Waals surface area (Å²) >= 11 is 0. The van der Waals surface area contributed by atoms with E-state index in [2.05, 4.69) is 21.5 Å². The number of pyridine rings is 1. The van der Waals surface area contributed by atoms with Crippen molar-refractivity contribution in [1.82, 2.24) is 24.5 Å². The Morgan fingerprint density at radius 1 is 1.00 bits per heavy atom. The maximum absolute atomic E-state index is 5.03. The van der Waals surface area contributed by atoms with Crippen LogP contribution in [0.4, 0.5) is 5.82 Å². The molecule has 0 bridgehead atoms. The number of aromatic nitrogens is 5. The van der Waals surface area contributed by atoms with Crippen LogP contribution in [0.5, 0.6) is 0 Å². The van der Waals surface area contributed by atoms with Gasteiger partial charge in [0.25, 0.3) is 0 Å². The van der Waals surface area contributed by atoms with Crippen LogP contribution in [0.1, 0.15) is 53.7 Å². The highest BCUT2D eigenvalue weighted by molar-refractivity contribution is 5.59. The molecular formula is C22H24N6. The van der Waals surface area contributed by atoms with Gasteiger partial charge in [0.2, 0.25) is 0 Å². The molecule has 3 aromatic rings. The van der Waals surface area contributed by atoms with Gasteiger partial charge in [-0.2, -0.15) is 0 Å². The van der Waals surface area contributed by atoms with E-state index in [1.165, 1.54) is 41.3 Å². The fraction of sp³-hybridized carbons (Fsp3) is 0.455. The Kier molecular flexibility index (Phi) is 3.55. The summed E-state index contributed by atoms with van der Waals surface area (Å²) in [4.78, 5) is 21.8. The van der Waals surface area contributed by atoms with E-state index in [0.717, 1.165) is 56.1 Å². The van der Waals surface area contributed by atoms with Gasteiger partial charge in [-0.05, 0) is 44.2 Å². The summed E-state index contributed by atoms with van der Waals surface area (Å²) in [5, 5.41) is 0. The second kappa shape index (κ2) is 6.12. The third-order valence-corrected chi connectivity index (χ3v) is 6.34. The van der Waals surface area contributed by atoms with E-state index < -0.39 is 0 Å². The molecule has 0 atom stereocenters. The Labute approximate surface area is 164 Å². The highest BCUT2D eigenvalue weighted by Gasteiger charge is 2.33. The number of rotatable bonds is 3. The van der Waals surface area contributed by atoms with Crippen LogP contribution in [0.3, 0.4) is 0 Å². The van der Waals surface area contributed by atoms with Crippen LogP contribution in [0, 0.1) is 0 Å². The van der Waals surface area contributed by atoms with Gasteiger partial charge in [0.15, 0.2) is 5.82 Å². The largest absolute Gasteiger partial charge is 0.350 e. The molecule has 0 amide bonds. The molecule has 3 aliphatic rings. The van der Waals surface area contributed by atoms with Crippen molar-refractivity contribution < 1.29 is 0 Å². The van der Waals surface area contributed by atoms with Gasteiger partial charge in [-0.25, -0.2) is 15.0 Å². The minimum Gasteiger partial charge on any atom is -0.350 e. The zero-order valence-corrected chi connectivity index (χ0v) is 16.2. The van der Waals surface area contributed by atoms with E-state index in [-0.39, 0.29) is 0 Å². The average Bonchev–Trinajstić information content (AvgIpc) is 3.38. The van der Waals surface area contributed by atoms with Gasteiger partial charge in [0.05, 0.1) is 12.2 Å². The van der Waals surface area contributed by atoms with Crippen molar-refractivity contribution in [1.29, 1.82) is 0 Å². The molecule has 1 aliphatic heterocycles. The fourth-order valence-electron chi connectivity index (χ4n) is 4.72. The molecule has 6 nitrogen and oxygen atoms in total. The minimum absolute atomic E-state index is 0.683. The molecule has 1 fully saturated rings. The second-order valence-corrected chi connectivity index (χ2v) is 8.23. The van der Waals surface area contributed by atoms with Crippen molar-refractivity contribution in [2.24, 2.45) is 7.05 Å². The molecule has 6 rings (SSSR count). The van der Waals surface area contributed by atoms with Crippen LogP contribution >= 0.6 is 0 Å². The van der Waals surface area contributed by atoms with Crippen molar-refractivity contribution in [3.05, 3.63) is 52.9 Å². The Bertz CT molecular complexity index is 1050. The number of nitrogens with zero attached hydrogens (tertiary/aromatic N) is 6. The van der Waals surface area contributed by atoms with Gasteiger partial charge < -0.3 is 9.47 Å². The summed E-state index contributed by atoms with van der Waals surface area (Å²) in [6, 6.07) is 5.93. The van der Waals surface area contributed by atoms with Gasteiger partial charge in [-0.15, -0.1) is 0 Å². The molecule has 0 spiro atoms. The first-order valence-corrected chi connectivity index (χ1v) is 10.4. The lowest BCUT2D eigenvalue weighted by atomic mass is 10.1. The third kappa shape index (κ3) is 2.54. The maximum Gasteiger partial charge on any atom is 0.180 e. The number of aryl methyl sites for hydroxylation is 1. The van der Waals surface area contributed by atoms with Crippen molar-refractivity contribution in [2.45, 2.75) is 51.0 Å². The first kappa shape index (κ1) is 16.2. The molecule has 142 valence electrons. The molecule has 0 N–H and O–H groups in total. The summed E-state index contributed by atoms with van der Waals surface area (Å²) in [6.45, 7) is 1.84. The number of fused-ring (bicyclic) bond motifs is 2. The molecule has 0 radical (unpaired) electrons. The molecule has 0 unspecified atom stereocenters. The van der Waals surface area contributed by atoms with Crippen LogP contribution in [0.25, 0.3) is 11.5 Å². The Morgan fingerprint density at radius 3 is 2.75 bits per heavy atom. The Hall–Kier alpha value is -2.76. The summed E-state index contributed by atoms with van der Waals surface area (Å²) in [5.41, 5.74) is 6.04. The molecule has 1 saturated carbocycles. The summed E-state index contributed by atoms with van der Waals surface area (Å²) in [7, 11) is 2.19. The van der Waals surface area contributed by atoms with E-state index in [0.29, 0.717) is 5.92 Å². The van der Waals surface area contributed by atoms with Gasteiger partial charge in [0, 0.05) is 49.1 Å². The minimum atomic E-state index is 0.683. The topological polar surface area (TPSA) is 59.7 Å². The predicted molar refractivity (Wildman–Crippen MR) is 107 cm³/mol. The summed E-state index contributed by atoms with van der Waals surface area (Å²) in [5.74, 6) is 3.83. The van der Waals surface area contributed by atoms with Crippen molar-refractivity contribution >= 4 is 5.82 Å². The van der Waals surface area contributed by atoms with Crippen molar-refractivity contribution in [3.8, 4) is 11.5 Å². The third-order valence-electron chi connectivity index (χ3n) is 6.34. The van der Waals surface area contributed by atoms with Crippen LogP contribution in [-0.2, 0) is 32.9 Å². The average molecular weight is 372 g/mol. The Balaban J connectivity index is 1.40. The zero-order valence-electron chi connectivity index (χ0n) is 16.2. The van der Waals surface area contributed by atoms with Gasteiger partial charge in [-0.3, -0.25) is 4.98 Å². The van der Waals surface area contributed by atoms with E-state index >= 15 is 0 Å². The molecule has 3 aromatic heterocycles. The number of hydrogen-bond acceptors (Lipinski definition) is 5. The molecular weight excluding hydrogens is 348 g/mol. The lowest BCUT2D eigenvalue weighted by Crippen LogP contribution is -2.32. The monoisotopic (exact) mass is 372 g/mol. The van der Waals surface area contributed by atoms with Crippen LogP contribution in [0.2, 0.25) is 0 Å². The van der Waals surface area contributed by atoms with Crippen LogP contribution in [-0.4, -0.2) is 31.0 Å². The molecule has 4 heterocycles. The van der Waals surface area contributed by atoms with Crippen molar-refractivity contribution in [2.75, 3.05) is 11.4 Å². The van der Waals surface area contributed by atoms with Crippen LogP contribution < -0.4 is 4.90 Å². The second-order valence-electron chi connectivity index (χ2n) is 8.23. The molecule has 28 heavy (non-hydrogen) atoms. The van der Waals surface area contributed by atoms with E-state index in [1.54, 1.807) is 0 Å². The molecule has 0 aromatic carbocycles. The number of imidazole rings is 1. The Morgan fingerprint density at radius 2 is 1.93 bits per heavy atom. The zero-order chi connectivity index (χ0) is 18.7. The predicted octanol–water partition coefficient (Wildman–Crippen LogP) is 3.20. The first-order chi connectivity index (χ1) is 13.8. The van der Waals surface area contributed by atoms with Gasteiger partial charge in [0.1, 0.15) is 17.3 Å². The van der Waals surface area contributed by atoms with Crippen LogP contribution in [0.15, 0.2) is 24.4 Å². The SMILES string of the molecule is Cn1c(C2CC2)nc2c1CCN(c1nc(-c3ccccn3)nc3c1CCC3)C2. The quantitative estimate of drug-likeness (QED) is 0.707. The first-order valence-electron chi connectivity index (χ1n) is 10.4. The van der Waals surface area contributed by atoms with E-state index in [1.807, 2.05) is 24.4 Å². The lowest BCUT2D eigenvalue weighted by molar-refractivity contribution is 0.667. The molecule has 0 saturated heterocycles. The highest BCUT2D eigenvalue weighted by atomic mass is 15.2. The molecule has 6 heteroatoms. The van der Waals surface area contributed by atoms with E-state index in [4.69, 9.17) is 15.0 Å². The maximum atomic E-state index is 5.03. The smallest absolute Gasteiger partial charge is 0.180 e. The van der Waals surface area contributed by atoms with Gasteiger partial charge in [-0.1, -0.05) is 6.07 Å². The fourth-order valence-corrected chi connectivity index (χ4v) is 4.72. The summed E-state index contributed by atoms with van der Waals surface area (Å²) in [6.07, 6.45) is 8.71. The van der Waals surface area contributed by atoms with E-state index in [9.17, 15) is 0 Å². The van der Waals surface area contributed by atoms with Gasteiger partial charge >= 0.3 is 0 Å². The number of anilines is 1. The normalized spacial score (nSPS) is 18.2. The lowest BCUT2D eigenvalue weighted by Gasteiger charge is -2.29. The highest BCUT2D eigenvalue weighted by Crippen LogP contribution is 2.41. The standard InChI is InChI=1S/C22H24N6/c1-27-19-10-12-28(13-18(19)25-21(27)14-8-9-14)22-15-5-4-7-16(15)24-20(26-22)17-6-2-3-11-23-17/h2-3,6,11,14H,4-5,7-10,12-13H2,1H3.